The summed E-state index contributed by atoms with van der Waals surface area (Å²) in [6.45, 7) is 8.14. The zero-order valence-electron chi connectivity index (χ0n) is 20.8. The largest absolute Gasteiger partial charge is 0.871 e. The average molecular weight is 469 g/mol. The maximum absolute atomic E-state index is 13.2. The van der Waals surface area contributed by atoms with Gasteiger partial charge in [0, 0.05) is 52.7 Å². The summed E-state index contributed by atoms with van der Waals surface area (Å²) < 4.78 is 2.05. The van der Waals surface area contributed by atoms with Gasteiger partial charge in [-0.05, 0) is 43.7 Å². The van der Waals surface area contributed by atoms with Crippen LogP contribution in [0, 0.1) is 0 Å². The second-order valence-electron chi connectivity index (χ2n) is 10.5. The first kappa shape index (κ1) is 22.8. The van der Waals surface area contributed by atoms with Crippen LogP contribution in [0.15, 0.2) is 77.2 Å². The van der Waals surface area contributed by atoms with Crippen molar-refractivity contribution in [3.8, 4) is 0 Å². The number of carbonyl (C=O) groups is 2. The first-order valence-corrected chi connectivity index (χ1v) is 11.6. The van der Waals surface area contributed by atoms with Crippen molar-refractivity contribution < 1.29 is 24.4 Å². The Morgan fingerprint density at radius 3 is 2.34 bits per heavy atom. The molecular weight excluding hydrogens is 440 g/mol. The summed E-state index contributed by atoms with van der Waals surface area (Å²) in [6, 6.07) is 13.1. The number of allylic oxidation sites excluding steroid dienone is 5. The van der Waals surface area contributed by atoms with E-state index in [1.54, 1.807) is 30.4 Å². The van der Waals surface area contributed by atoms with Gasteiger partial charge in [0.2, 0.25) is 5.69 Å². The molecule has 2 aromatic rings. The third kappa shape index (κ3) is 3.05. The predicted octanol–water partition coefficient (Wildman–Crippen LogP) is 3.83. The summed E-state index contributed by atoms with van der Waals surface area (Å²) in [4.78, 5) is 26.6. The van der Waals surface area contributed by atoms with Gasteiger partial charge in [0.05, 0.1) is 11.0 Å². The molecule has 6 nitrogen and oxygen atoms in total. The Kier molecular flexibility index (Phi) is 4.75. The number of benzene rings is 2. The van der Waals surface area contributed by atoms with Crippen LogP contribution in [0.1, 0.15) is 49.2 Å². The number of carboxylic acids is 1. The first-order valence-electron chi connectivity index (χ1n) is 11.6. The van der Waals surface area contributed by atoms with Crippen LogP contribution >= 0.6 is 0 Å². The molecule has 3 aliphatic rings. The highest BCUT2D eigenvalue weighted by molar-refractivity contribution is 6.24. The van der Waals surface area contributed by atoms with E-state index < -0.39 is 11.4 Å². The van der Waals surface area contributed by atoms with E-state index in [9.17, 15) is 19.8 Å². The second-order valence-corrected chi connectivity index (χ2v) is 10.5. The Balaban J connectivity index is 1.54. The van der Waals surface area contributed by atoms with Crippen LogP contribution in [-0.2, 0) is 15.6 Å². The predicted molar refractivity (Wildman–Crippen MR) is 133 cm³/mol. The number of aromatic carboxylic acids is 1. The number of Topliss-reactive ketones (excluding diaryl/α,β-unsaturated/α-hetero) is 1. The van der Waals surface area contributed by atoms with Crippen LogP contribution in [0.5, 0.6) is 0 Å². The molecule has 1 N–H and O–H groups in total. The summed E-state index contributed by atoms with van der Waals surface area (Å²) in [5, 5.41) is 22.6. The molecule has 0 fully saturated rings. The third-order valence-corrected chi connectivity index (χ3v) is 7.76. The Bertz CT molecular complexity index is 1470. The van der Waals surface area contributed by atoms with E-state index >= 15 is 0 Å². The first-order chi connectivity index (χ1) is 16.4. The van der Waals surface area contributed by atoms with Gasteiger partial charge in [-0.3, -0.25) is 4.79 Å². The number of anilines is 1. The van der Waals surface area contributed by atoms with Gasteiger partial charge >= 0.3 is 5.97 Å². The standard InChI is InChI=1S/C29H28N2O4/c1-28(2)19-9-7-8-10-21(19)30(5)23(28)14-17-25(32)18(26(17)33)15-24-29(3,4)20-13-16(27(34)35)11-12-22(20)31(24)6/h7-15H,1-6H3,(H-,32,33,34,35). The van der Waals surface area contributed by atoms with E-state index in [0.29, 0.717) is 0 Å². The molecule has 35 heavy (non-hydrogen) atoms. The summed E-state index contributed by atoms with van der Waals surface area (Å²) in [7, 11) is 3.83. The quantitative estimate of drug-likeness (QED) is 0.547. The number of nitrogens with zero attached hydrogens (tertiary/aromatic N) is 2. The van der Waals surface area contributed by atoms with E-state index in [1.165, 1.54) is 0 Å². The number of fused-ring (bicyclic) bond motifs is 2. The topological polar surface area (TPSA) is 83.7 Å². The fourth-order valence-corrected chi connectivity index (χ4v) is 5.65. The minimum atomic E-state index is -0.989. The molecule has 2 aromatic carbocycles. The number of ketones is 1. The molecule has 6 heteroatoms. The fraction of sp³-hybridized carbons (Fsp3) is 0.276. The van der Waals surface area contributed by atoms with Crippen molar-refractivity contribution in [2.45, 2.75) is 38.5 Å². The maximum Gasteiger partial charge on any atom is 0.335 e. The van der Waals surface area contributed by atoms with E-state index in [-0.39, 0.29) is 33.7 Å². The molecule has 1 aliphatic carbocycles. The van der Waals surface area contributed by atoms with Crippen LogP contribution in [0.4, 0.5) is 11.4 Å². The second kappa shape index (κ2) is 7.28. The highest BCUT2D eigenvalue weighted by Gasteiger charge is 2.45. The van der Waals surface area contributed by atoms with Gasteiger partial charge in [0.25, 0.3) is 0 Å². The van der Waals surface area contributed by atoms with Crippen LogP contribution < -0.4 is 10.0 Å². The Hall–Kier alpha value is -3.93. The van der Waals surface area contributed by atoms with E-state index in [2.05, 4.69) is 19.9 Å². The van der Waals surface area contributed by atoms with Crippen LogP contribution in [0.2, 0.25) is 0 Å². The molecular formula is C29H28N2O4. The number of carboxylic acid groups (broad SMARTS) is 1. The highest BCUT2D eigenvalue weighted by Crippen LogP contribution is 2.48. The van der Waals surface area contributed by atoms with Gasteiger partial charge in [0.15, 0.2) is 11.5 Å². The normalized spacial score (nSPS) is 22.1. The van der Waals surface area contributed by atoms with Crippen LogP contribution in [0.25, 0.3) is 0 Å². The maximum atomic E-state index is 13.2. The van der Waals surface area contributed by atoms with Crippen LogP contribution in [0.3, 0.4) is 0 Å². The number of carbonyl (C=O) groups excluding carboxylic acids is 1. The minimum absolute atomic E-state index is 0.161. The van der Waals surface area contributed by atoms with Crippen molar-refractivity contribution in [3.05, 3.63) is 93.9 Å². The number of likely N-dealkylation sites (N-methyl/N-ethyl adjacent to an activating group) is 1. The number of hydrogen-bond donors (Lipinski definition) is 1. The van der Waals surface area contributed by atoms with Crippen molar-refractivity contribution >= 4 is 28.8 Å². The Morgan fingerprint density at radius 2 is 1.71 bits per heavy atom. The lowest BCUT2D eigenvalue weighted by molar-refractivity contribution is -0.401. The molecule has 178 valence electrons. The van der Waals surface area contributed by atoms with Crippen molar-refractivity contribution in [1.29, 1.82) is 0 Å². The van der Waals surface area contributed by atoms with Gasteiger partial charge in [0.1, 0.15) is 7.05 Å². The lowest BCUT2D eigenvalue weighted by atomic mass is 9.77. The average Bonchev–Trinajstić information content (AvgIpc) is 3.13. The number of rotatable bonds is 3. The van der Waals surface area contributed by atoms with Gasteiger partial charge in [-0.15, -0.1) is 0 Å². The van der Waals surface area contributed by atoms with Gasteiger partial charge in [-0.2, -0.15) is 4.58 Å². The third-order valence-electron chi connectivity index (χ3n) is 7.76. The Labute approximate surface area is 204 Å². The molecule has 2 heterocycles. The molecule has 0 atom stereocenters. The SMILES string of the molecule is CN1C(=CC2=C([O-])C(=CC3=[N+](C)c4ccccc4C3(C)C)C2=O)C(C)(C)c2cc(C(=O)O)ccc21. The molecule has 0 radical (unpaired) electrons. The zero-order chi connectivity index (χ0) is 25.4. The summed E-state index contributed by atoms with van der Waals surface area (Å²) in [6.07, 6.45) is 3.41. The molecule has 0 saturated heterocycles. The molecule has 5 rings (SSSR count). The summed E-state index contributed by atoms with van der Waals surface area (Å²) in [5.74, 6) is -1.51. The van der Waals surface area contributed by atoms with E-state index in [4.69, 9.17) is 0 Å². The summed E-state index contributed by atoms with van der Waals surface area (Å²) >= 11 is 0. The molecule has 0 spiro atoms. The molecule has 0 amide bonds. The lowest BCUT2D eigenvalue weighted by Crippen LogP contribution is -2.34. The van der Waals surface area contributed by atoms with Gasteiger partial charge in [-0.25, -0.2) is 4.79 Å². The van der Waals surface area contributed by atoms with Crippen LogP contribution in [-0.4, -0.2) is 41.2 Å². The van der Waals surface area contributed by atoms with Crippen molar-refractivity contribution in [1.82, 2.24) is 0 Å². The molecule has 0 bridgehead atoms. The van der Waals surface area contributed by atoms with Gasteiger partial charge in [-0.1, -0.05) is 37.8 Å². The minimum Gasteiger partial charge on any atom is -0.871 e. The number of hydrogen-bond acceptors (Lipinski definition) is 4. The molecule has 0 unspecified atom stereocenters. The van der Waals surface area contributed by atoms with Crippen molar-refractivity contribution in [2.24, 2.45) is 0 Å². The van der Waals surface area contributed by atoms with Gasteiger partial charge < -0.3 is 15.1 Å². The lowest BCUT2D eigenvalue weighted by Gasteiger charge is -2.32. The molecule has 0 saturated carbocycles. The van der Waals surface area contributed by atoms with Crippen molar-refractivity contribution in [2.75, 3.05) is 19.0 Å². The highest BCUT2D eigenvalue weighted by atomic mass is 16.4. The van der Waals surface area contributed by atoms with Crippen molar-refractivity contribution in [3.63, 3.8) is 0 Å². The fourth-order valence-electron chi connectivity index (χ4n) is 5.65. The molecule has 0 aromatic heterocycles. The zero-order valence-corrected chi connectivity index (χ0v) is 20.8. The Morgan fingerprint density at radius 1 is 1.03 bits per heavy atom. The number of para-hydroxylation sites is 1. The van der Waals surface area contributed by atoms with E-state index in [1.807, 2.05) is 55.6 Å². The van der Waals surface area contributed by atoms with E-state index in [0.717, 1.165) is 33.9 Å². The summed E-state index contributed by atoms with van der Waals surface area (Å²) in [5.41, 5.74) is 5.32. The smallest absolute Gasteiger partial charge is 0.335 e. The molecule has 2 aliphatic heterocycles. The monoisotopic (exact) mass is 468 g/mol.